The molecule has 2 rings (SSSR count). The van der Waals surface area contributed by atoms with Gasteiger partial charge in [0.1, 0.15) is 0 Å². The Morgan fingerprint density at radius 3 is 3.08 bits per heavy atom. The average Bonchev–Trinajstić information content (AvgIpc) is 2.17. The molecule has 0 amide bonds. The van der Waals surface area contributed by atoms with Crippen LogP contribution in [0, 0.1) is 6.07 Å². The molecule has 1 aliphatic carbocycles. The Morgan fingerprint density at radius 1 is 1.42 bits per heavy atom. The van der Waals surface area contributed by atoms with Crippen molar-refractivity contribution in [3.8, 4) is 0 Å². The van der Waals surface area contributed by atoms with Gasteiger partial charge in [-0.3, -0.25) is 4.98 Å². The molecule has 1 heterocycles. The lowest BCUT2D eigenvalue weighted by atomic mass is 9.96. The number of hydrogen-bond donors (Lipinski definition) is 0. The molecule has 0 fully saturated rings. The number of fused-ring (bicyclic) bond motifs is 1. The first-order valence-corrected chi connectivity index (χ1v) is 4.79. The van der Waals surface area contributed by atoms with Gasteiger partial charge in [-0.2, -0.15) is 0 Å². The predicted molar refractivity (Wildman–Crippen MR) is 49.1 cm³/mol. The second-order valence-corrected chi connectivity index (χ2v) is 3.38. The van der Waals surface area contributed by atoms with Gasteiger partial charge in [-0.25, -0.2) is 0 Å². The largest absolute Gasteiger partial charge is 0.258 e. The number of rotatable bonds is 1. The molecule has 1 aromatic heterocycles. The van der Waals surface area contributed by atoms with E-state index in [0.29, 0.717) is 0 Å². The number of pyridine rings is 1. The van der Waals surface area contributed by atoms with E-state index in [-0.39, 0.29) is 0 Å². The van der Waals surface area contributed by atoms with Gasteiger partial charge in [0.15, 0.2) is 0 Å². The number of hydrogen-bond acceptors (Lipinski definition) is 1. The minimum Gasteiger partial charge on any atom is -0.258 e. The Kier molecular flexibility index (Phi) is 2.11. The first-order valence-electron chi connectivity index (χ1n) is 4.79. The summed E-state index contributed by atoms with van der Waals surface area (Å²) in [6.07, 6.45) is 6.01. The normalized spacial score (nSPS) is 15.8. The molecular weight excluding hydrogens is 146 g/mol. The zero-order valence-electron chi connectivity index (χ0n) is 7.56. The molecule has 0 aliphatic heterocycles. The van der Waals surface area contributed by atoms with E-state index < -0.39 is 0 Å². The predicted octanol–water partition coefficient (Wildman–Crippen LogP) is 2.32. The molecule has 0 saturated carbocycles. The molecule has 1 aromatic rings. The van der Waals surface area contributed by atoms with Crippen molar-refractivity contribution < 1.29 is 0 Å². The first kappa shape index (κ1) is 7.78. The summed E-state index contributed by atoms with van der Waals surface area (Å²) in [4.78, 5) is 4.60. The summed E-state index contributed by atoms with van der Waals surface area (Å²) in [7, 11) is 0. The van der Waals surface area contributed by atoms with Crippen molar-refractivity contribution in [2.75, 3.05) is 0 Å². The summed E-state index contributed by atoms with van der Waals surface area (Å²) in [5.74, 6) is 0. The Hall–Kier alpha value is -0.850. The first-order chi connectivity index (χ1) is 5.90. The van der Waals surface area contributed by atoms with Gasteiger partial charge in [-0.05, 0) is 49.8 Å². The van der Waals surface area contributed by atoms with Crippen molar-refractivity contribution in [1.29, 1.82) is 0 Å². The third kappa shape index (κ3) is 1.36. The summed E-state index contributed by atoms with van der Waals surface area (Å²) in [5, 5.41) is 0. The third-order valence-corrected chi connectivity index (χ3v) is 2.49. The smallest absolute Gasteiger partial charge is 0.0445 e. The fraction of sp³-hybridized carbons (Fsp3) is 0.545. The van der Waals surface area contributed by atoms with Gasteiger partial charge in [0.25, 0.3) is 0 Å². The molecule has 1 radical (unpaired) electrons. The van der Waals surface area contributed by atoms with Gasteiger partial charge in [-0.15, -0.1) is 0 Å². The zero-order valence-corrected chi connectivity index (χ0v) is 7.56. The molecule has 0 unspecified atom stereocenters. The average molecular weight is 160 g/mol. The van der Waals surface area contributed by atoms with Crippen LogP contribution >= 0.6 is 0 Å². The SMILES string of the molecule is CCc1c[c]c2c(n1)CCCC2. The zero-order chi connectivity index (χ0) is 8.39. The van der Waals surface area contributed by atoms with E-state index in [2.05, 4.69) is 18.0 Å². The maximum atomic E-state index is 4.60. The Labute approximate surface area is 73.8 Å². The summed E-state index contributed by atoms with van der Waals surface area (Å²) < 4.78 is 0. The van der Waals surface area contributed by atoms with Gasteiger partial charge >= 0.3 is 0 Å². The van der Waals surface area contributed by atoms with E-state index in [1.54, 1.807) is 0 Å². The van der Waals surface area contributed by atoms with E-state index >= 15 is 0 Å². The molecule has 12 heavy (non-hydrogen) atoms. The molecule has 1 nitrogen and oxygen atoms in total. The second-order valence-electron chi connectivity index (χ2n) is 3.38. The highest BCUT2D eigenvalue weighted by molar-refractivity contribution is 5.23. The quantitative estimate of drug-likeness (QED) is 0.614. The molecule has 0 N–H and O–H groups in total. The Bertz CT molecular complexity index is 278. The molecule has 0 saturated heterocycles. The highest BCUT2D eigenvalue weighted by Gasteiger charge is 2.10. The molecule has 1 aliphatic rings. The van der Waals surface area contributed by atoms with Crippen LogP contribution in [0.3, 0.4) is 0 Å². The van der Waals surface area contributed by atoms with E-state index in [1.807, 2.05) is 6.07 Å². The van der Waals surface area contributed by atoms with Crippen LogP contribution in [0.5, 0.6) is 0 Å². The van der Waals surface area contributed by atoms with Crippen molar-refractivity contribution in [2.45, 2.75) is 39.0 Å². The van der Waals surface area contributed by atoms with E-state index in [4.69, 9.17) is 0 Å². The van der Waals surface area contributed by atoms with Gasteiger partial charge in [0.05, 0.1) is 0 Å². The molecule has 0 spiro atoms. The van der Waals surface area contributed by atoms with Gasteiger partial charge in [0.2, 0.25) is 0 Å². The standard InChI is InChI=1S/C11H14N/c1-2-10-8-7-9-5-3-4-6-11(9)12-10/h8H,2-6H2,1H3. The molecule has 0 aromatic carbocycles. The summed E-state index contributed by atoms with van der Waals surface area (Å²) in [5.41, 5.74) is 3.86. The van der Waals surface area contributed by atoms with Gasteiger partial charge < -0.3 is 0 Å². The van der Waals surface area contributed by atoms with E-state index in [1.165, 1.54) is 42.6 Å². The van der Waals surface area contributed by atoms with Crippen molar-refractivity contribution >= 4 is 0 Å². The minimum absolute atomic E-state index is 1.03. The fourth-order valence-corrected chi connectivity index (χ4v) is 1.73. The van der Waals surface area contributed by atoms with Crippen molar-refractivity contribution in [3.05, 3.63) is 29.1 Å². The van der Waals surface area contributed by atoms with Crippen LogP contribution in [0.4, 0.5) is 0 Å². The Balaban J connectivity index is 2.36. The van der Waals surface area contributed by atoms with Gasteiger partial charge in [-0.1, -0.05) is 6.92 Å². The number of aryl methyl sites for hydroxylation is 3. The summed E-state index contributed by atoms with van der Waals surface area (Å²) >= 11 is 0. The highest BCUT2D eigenvalue weighted by Crippen LogP contribution is 2.18. The van der Waals surface area contributed by atoms with Crippen LogP contribution < -0.4 is 0 Å². The molecule has 63 valence electrons. The maximum absolute atomic E-state index is 4.60. The molecule has 0 bridgehead atoms. The maximum Gasteiger partial charge on any atom is 0.0445 e. The van der Waals surface area contributed by atoms with Crippen LogP contribution in [-0.2, 0) is 19.3 Å². The van der Waals surface area contributed by atoms with Crippen molar-refractivity contribution in [2.24, 2.45) is 0 Å². The highest BCUT2D eigenvalue weighted by atomic mass is 14.7. The molecule has 0 atom stereocenters. The van der Waals surface area contributed by atoms with Crippen LogP contribution in [0.1, 0.15) is 36.7 Å². The third-order valence-electron chi connectivity index (χ3n) is 2.49. The van der Waals surface area contributed by atoms with Crippen molar-refractivity contribution in [1.82, 2.24) is 4.98 Å². The Morgan fingerprint density at radius 2 is 2.25 bits per heavy atom. The molecule has 1 heteroatoms. The fourth-order valence-electron chi connectivity index (χ4n) is 1.73. The monoisotopic (exact) mass is 160 g/mol. The summed E-state index contributed by atoms with van der Waals surface area (Å²) in [6.45, 7) is 2.14. The molecular formula is C11H14N. The second kappa shape index (κ2) is 3.26. The van der Waals surface area contributed by atoms with Crippen LogP contribution in [0.2, 0.25) is 0 Å². The van der Waals surface area contributed by atoms with Crippen molar-refractivity contribution in [3.63, 3.8) is 0 Å². The number of aromatic nitrogens is 1. The minimum atomic E-state index is 1.03. The van der Waals surface area contributed by atoms with Crippen LogP contribution in [-0.4, -0.2) is 4.98 Å². The lowest BCUT2D eigenvalue weighted by Gasteiger charge is -2.14. The van der Waals surface area contributed by atoms with E-state index in [9.17, 15) is 0 Å². The summed E-state index contributed by atoms with van der Waals surface area (Å²) in [6, 6.07) is 5.39. The van der Waals surface area contributed by atoms with E-state index in [0.717, 1.165) is 6.42 Å². The number of nitrogens with zero attached hydrogens (tertiary/aromatic N) is 1. The topological polar surface area (TPSA) is 12.9 Å². The van der Waals surface area contributed by atoms with Crippen LogP contribution in [0.25, 0.3) is 0 Å². The lowest BCUT2D eigenvalue weighted by molar-refractivity contribution is 0.662. The van der Waals surface area contributed by atoms with Gasteiger partial charge in [0, 0.05) is 11.4 Å². The lowest BCUT2D eigenvalue weighted by Crippen LogP contribution is -2.06. The van der Waals surface area contributed by atoms with Crippen LogP contribution in [0.15, 0.2) is 6.07 Å².